The van der Waals surface area contributed by atoms with Gasteiger partial charge in [0.1, 0.15) is 13.1 Å². The first-order valence-electron chi connectivity index (χ1n) is 5.64. The maximum atomic E-state index is 11.2. The Morgan fingerprint density at radius 1 is 1.45 bits per heavy atom. The number of nitrogens with zero attached hydrogens (tertiary/aromatic N) is 3. The van der Waals surface area contributed by atoms with E-state index in [1.54, 1.807) is 29.5 Å². The van der Waals surface area contributed by atoms with E-state index in [9.17, 15) is 9.90 Å². The minimum atomic E-state index is -1.29. The van der Waals surface area contributed by atoms with Gasteiger partial charge in [0.2, 0.25) is 6.29 Å². The molecule has 1 rings (SSSR count). The molecule has 0 aromatic heterocycles. The fourth-order valence-corrected chi connectivity index (χ4v) is 1.32. The summed E-state index contributed by atoms with van der Waals surface area (Å²) in [6, 6.07) is 0. The number of β-amino-alcohol motifs (C(OH)–C–C–N with tert-alkyl or cyclic N) is 1. The largest absolute Gasteiger partial charge is 0.526 e. The number of aliphatic hydroxyl groups excluding tert-OH is 1. The van der Waals surface area contributed by atoms with Crippen LogP contribution in [0.25, 0.3) is 9.69 Å². The monoisotopic (exact) mass is 271 g/mol. The van der Waals surface area contributed by atoms with Crippen molar-refractivity contribution in [2.45, 2.75) is 13.2 Å². The van der Waals surface area contributed by atoms with Crippen LogP contribution in [0.3, 0.4) is 0 Å². The van der Waals surface area contributed by atoms with E-state index >= 15 is 0 Å². The molecular formula is C14H13N3O3. The zero-order chi connectivity index (χ0) is 15.1. The molecule has 20 heavy (non-hydrogen) atoms. The van der Waals surface area contributed by atoms with Gasteiger partial charge in [-0.1, -0.05) is 6.58 Å². The molecule has 102 valence electrons. The van der Waals surface area contributed by atoms with Crippen LogP contribution < -0.4 is 0 Å². The Morgan fingerprint density at radius 3 is 2.45 bits per heavy atom. The number of rotatable bonds is 4. The van der Waals surface area contributed by atoms with Crippen molar-refractivity contribution in [3.05, 3.63) is 70.9 Å². The molecule has 1 aliphatic heterocycles. The molecule has 0 amide bonds. The van der Waals surface area contributed by atoms with Crippen molar-refractivity contribution >= 4 is 5.97 Å². The van der Waals surface area contributed by atoms with Gasteiger partial charge in [-0.15, -0.1) is 0 Å². The Balaban J connectivity index is 2.62. The van der Waals surface area contributed by atoms with Crippen LogP contribution in [0.15, 0.2) is 48.1 Å². The van der Waals surface area contributed by atoms with Crippen LogP contribution in [0.5, 0.6) is 0 Å². The molecule has 0 aromatic carbocycles. The summed E-state index contributed by atoms with van der Waals surface area (Å²) in [7, 11) is 0. The van der Waals surface area contributed by atoms with Crippen molar-refractivity contribution < 1.29 is 14.6 Å². The number of allylic oxidation sites excluding steroid dienone is 3. The van der Waals surface area contributed by atoms with Crippen molar-refractivity contribution in [1.82, 2.24) is 4.90 Å². The van der Waals surface area contributed by atoms with Crippen LogP contribution >= 0.6 is 0 Å². The van der Waals surface area contributed by atoms with Crippen molar-refractivity contribution in [1.29, 1.82) is 0 Å². The van der Waals surface area contributed by atoms with Crippen molar-refractivity contribution in [3.63, 3.8) is 0 Å². The van der Waals surface area contributed by atoms with Crippen molar-refractivity contribution in [3.8, 4) is 0 Å². The van der Waals surface area contributed by atoms with Crippen LogP contribution in [0.1, 0.15) is 6.92 Å². The predicted octanol–water partition coefficient (Wildman–Crippen LogP) is 1.82. The van der Waals surface area contributed by atoms with Gasteiger partial charge in [-0.25, -0.2) is 4.79 Å². The fourth-order valence-electron chi connectivity index (χ4n) is 1.32. The van der Waals surface area contributed by atoms with Crippen LogP contribution in [-0.4, -0.2) is 28.8 Å². The van der Waals surface area contributed by atoms with Crippen molar-refractivity contribution in [2.24, 2.45) is 0 Å². The SMILES string of the molecule is [C-]#[N+]C([N+]#[C-])=C1C=CN(CC(O)OC(=O)C(=C)C)C=C1. The molecular weight excluding hydrogens is 258 g/mol. The Labute approximate surface area is 117 Å². The van der Waals surface area contributed by atoms with Gasteiger partial charge in [-0.05, 0) is 19.1 Å². The second-order valence-electron chi connectivity index (χ2n) is 3.97. The summed E-state index contributed by atoms with van der Waals surface area (Å²) >= 11 is 0. The molecule has 1 N–H and O–H groups in total. The van der Waals surface area contributed by atoms with Gasteiger partial charge in [-0.3, -0.25) is 0 Å². The van der Waals surface area contributed by atoms with Gasteiger partial charge in [0, 0.05) is 18.0 Å². The second-order valence-corrected chi connectivity index (χ2v) is 3.97. The van der Waals surface area contributed by atoms with Gasteiger partial charge in [0.25, 0.3) is 0 Å². The molecule has 0 radical (unpaired) electrons. The predicted molar refractivity (Wildman–Crippen MR) is 72.1 cm³/mol. The number of esters is 1. The summed E-state index contributed by atoms with van der Waals surface area (Å²) in [6.07, 6.45) is 5.05. The Kier molecular flexibility index (Phi) is 5.28. The van der Waals surface area contributed by atoms with Crippen LogP contribution in [0.4, 0.5) is 0 Å². The average molecular weight is 271 g/mol. The molecule has 0 saturated carbocycles. The van der Waals surface area contributed by atoms with E-state index in [0.29, 0.717) is 5.57 Å². The molecule has 6 nitrogen and oxygen atoms in total. The summed E-state index contributed by atoms with van der Waals surface area (Å²) in [5.41, 5.74) is 0.706. The summed E-state index contributed by atoms with van der Waals surface area (Å²) < 4.78 is 4.73. The smallest absolute Gasteiger partial charge is 0.431 e. The zero-order valence-electron chi connectivity index (χ0n) is 10.9. The van der Waals surface area contributed by atoms with E-state index in [1.165, 1.54) is 6.92 Å². The average Bonchev–Trinajstić information content (AvgIpc) is 2.41. The van der Waals surface area contributed by atoms with Crippen LogP contribution in [0.2, 0.25) is 0 Å². The topological polar surface area (TPSA) is 58.5 Å². The maximum Gasteiger partial charge on any atom is 0.526 e. The third-order valence-electron chi connectivity index (χ3n) is 2.32. The molecule has 1 heterocycles. The standard InChI is InChI=1S/C14H13N3O3/c1-10(2)14(19)20-12(18)9-17-7-5-11(6-8-17)13(15-3)16-4/h5-8,12,18H,1,9H2,2H3. The molecule has 0 spiro atoms. The summed E-state index contributed by atoms with van der Waals surface area (Å²) in [5, 5.41) is 9.59. The number of carbonyl (C=O) groups is 1. The quantitative estimate of drug-likeness (QED) is 0.367. The Bertz CT molecular complexity index is 556. The van der Waals surface area contributed by atoms with E-state index in [1.807, 2.05) is 0 Å². The lowest BCUT2D eigenvalue weighted by atomic mass is 10.2. The van der Waals surface area contributed by atoms with E-state index in [4.69, 9.17) is 17.9 Å². The summed E-state index contributed by atoms with van der Waals surface area (Å²) in [5.74, 6) is -0.683. The van der Waals surface area contributed by atoms with E-state index < -0.39 is 12.3 Å². The van der Waals surface area contributed by atoms with Gasteiger partial charge < -0.3 is 14.7 Å². The minimum absolute atomic E-state index is 0.0218. The highest BCUT2D eigenvalue weighted by molar-refractivity contribution is 5.87. The second kappa shape index (κ2) is 6.93. The minimum Gasteiger partial charge on any atom is -0.431 e. The lowest BCUT2D eigenvalue weighted by Gasteiger charge is -2.21. The van der Waals surface area contributed by atoms with E-state index in [0.717, 1.165) is 0 Å². The molecule has 6 heteroatoms. The molecule has 0 bridgehead atoms. The molecule has 0 fully saturated rings. The van der Waals surface area contributed by atoms with Crippen LogP contribution in [-0.2, 0) is 9.53 Å². The first-order valence-corrected chi connectivity index (χ1v) is 5.64. The Hall–Kier alpha value is -2.83. The fraction of sp³-hybridized carbons (Fsp3) is 0.214. The molecule has 1 aliphatic rings. The zero-order valence-corrected chi connectivity index (χ0v) is 10.9. The number of hydrogen-bond acceptors (Lipinski definition) is 4. The summed E-state index contributed by atoms with van der Waals surface area (Å²) in [4.78, 5) is 19.0. The van der Waals surface area contributed by atoms with Crippen LogP contribution in [0, 0.1) is 13.1 Å². The highest BCUT2D eigenvalue weighted by Crippen LogP contribution is 2.16. The highest BCUT2D eigenvalue weighted by Gasteiger charge is 2.16. The van der Waals surface area contributed by atoms with Gasteiger partial charge in [0.05, 0.1) is 12.1 Å². The third-order valence-corrected chi connectivity index (χ3v) is 2.32. The van der Waals surface area contributed by atoms with E-state index in [2.05, 4.69) is 16.3 Å². The number of hydrogen-bond donors (Lipinski definition) is 1. The summed E-state index contributed by atoms with van der Waals surface area (Å²) in [6.45, 7) is 18.6. The van der Waals surface area contributed by atoms with E-state index in [-0.39, 0.29) is 17.9 Å². The first kappa shape index (κ1) is 15.2. The number of aliphatic hydroxyl groups is 1. The van der Waals surface area contributed by atoms with Crippen molar-refractivity contribution in [2.75, 3.05) is 6.54 Å². The number of carbonyl (C=O) groups excluding carboxylic acids is 1. The first-order chi connectivity index (χ1) is 9.47. The Morgan fingerprint density at radius 2 is 2.00 bits per heavy atom. The number of ether oxygens (including phenoxy) is 1. The lowest BCUT2D eigenvalue weighted by molar-refractivity contribution is -0.163. The van der Waals surface area contributed by atoms with Gasteiger partial charge >= 0.3 is 11.8 Å². The van der Waals surface area contributed by atoms with Gasteiger partial charge in [-0.2, -0.15) is 9.69 Å². The molecule has 0 aliphatic carbocycles. The maximum absolute atomic E-state index is 11.2. The lowest BCUT2D eigenvalue weighted by Crippen LogP contribution is -2.29. The third kappa shape index (κ3) is 4.13. The molecule has 0 aromatic rings. The van der Waals surface area contributed by atoms with Gasteiger partial charge in [0.15, 0.2) is 0 Å². The highest BCUT2D eigenvalue weighted by atomic mass is 16.6. The molecule has 1 unspecified atom stereocenters. The molecule has 1 atom stereocenters. The normalized spacial score (nSPS) is 14.2. The molecule has 0 saturated heterocycles.